The van der Waals surface area contributed by atoms with Crippen LogP contribution in [0.3, 0.4) is 0 Å². The predicted molar refractivity (Wildman–Crippen MR) is 75.9 cm³/mol. The first-order valence-corrected chi connectivity index (χ1v) is 8.67. The van der Waals surface area contributed by atoms with Crippen LogP contribution in [0.2, 0.25) is 0 Å². The second kappa shape index (κ2) is 6.35. The number of nitrogens with zero attached hydrogens (tertiary/aromatic N) is 1. The fourth-order valence-electron chi connectivity index (χ4n) is 2.49. The fourth-order valence-corrected chi connectivity index (χ4v) is 4.15. The van der Waals surface area contributed by atoms with Crippen LogP contribution < -0.4 is 5.73 Å². The van der Waals surface area contributed by atoms with Gasteiger partial charge in [-0.15, -0.1) is 0 Å². The van der Waals surface area contributed by atoms with Crippen LogP contribution in [0, 0.1) is 5.41 Å². The van der Waals surface area contributed by atoms with Gasteiger partial charge in [-0.2, -0.15) is 0 Å². The van der Waals surface area contributed by atoms with Gasteiger partial charge in [-0.3, -0.25) is 0 Å². The lowest BCUT2D eigenvalue weighted by atomic mass is 9.79. The van der Waals surface area contributed by atoms with Crippen molar-refractivity contribution in [3.05, 3.63) is 0 Å². The average Bonchev–Trinajstić information content (AvgIpc) is 2.29. The zero-order valence-corrected chi connectivity index (χ0v) is 12.8. The van der Waals surface area contributed by atoms with E-state index in [4.69, 9.17) is 5.73 Å². The highest BCUT2D eigenvalue weighted by Crippen LogP contribution is 2.34. The maximum absolute atomic E-state index is 12.2. The molecule has 18 heavy (non-hydrogen) atoms. The van der Waals surface area contributed by atoms with Crippen LogP contribution in [0.4, 0.5) is 0 Å². The summed E-state index contributed by atoms with van der Waals surface area (Å²) in [6.07, 6.45) is 4.76. The molecule has 0 aromatic heterocycles. The molecule has 1 saturated heterocycles. The van der Waals surface area contributed by atoms with E-state index in [0.29, 0.717) is 18.5 Å². The Morgan fingerprint density at radius 3 is 2.28 bits per heavy atom. The molecule has 0 aliphatic carbocycles. The standard InChI is InChI=1S/C13H28N2O2S/c1-4-6-12(14)11-18(16,17)15-9-7-13(3,5-2)8-10-15/h12H,4-11,14H2,1-3H3. The largest absolute Gasteiger partial charge is 0.327 e. The fraction of sp³-hybridized carbons (Fsp3) is 1.00. The molecule has 0 saturated carbocycles. The Morgan fingerprint density at radius 2 is 1.83 bits per heavy atom. The zero-order valence-electron chi connectivity index (χ0n) is 12.0. The summed E-state index contributed by atoms with van der Waals surface area (Å²) in [7, 11) is -3.15. The number of piperidine rings is 1. The number of nitrogens with two attached hydrogens (primary N) is 1. The maximum Gasteiger partial charge on any atom is 0.215 e. The summed E-state index contributed by atoms with van der Waals surface area (Å²) in [6.45, 7) is 7.78. The van der Waals surface area contributed by atoms with Gasteiger partial charge in [0.1, 0.15) is 0 Å². The van der Waals surface area contributed by atoms with Crippen LogP contribution in [0.5, 0.6) is 0 Å². The van der Waals surface area contributed by atoms with Crippen molar-refractivity contribution in [3.8, 4) is 0 Å². The first-order valence-electron chi connectivity index (χ1n) is 7.06. The van der Waals surface area contributed by atoms with E-state index in [-0.39, 0.29) is 11.8 Å². The Morgan fingerprint density at radius 1 is 1.28 bits per heavy atom. The Kier molecular flexibility index (Phi) is 5.62. The SMILES string of the molecule is CCCC(N)CS(=O)(=O)N1CCC(C)(CC)CC1. The van der Waals surface area contributed by atoms with Gasteiger partial charge in [-0.1, -0.05) is 33.6 Å². The minimum atomic E-state index is -3.15. The molecule has 4 nitrogen and oxygen atoms in total. The lowest BCUT2D eigenvalue weighted by Crippen LogP contribution is -2.45. The van der Waals surface area contributed by atoms with Crippen LogP contribution in [-0.2, 0) is 10.0 Å². The van der Waals surface area contributed by atoms with Crippen LogP contribution in [0.15, 0.2) is 0 Å². The van der Waals surface area contributed by atoms with Crippen molar-refractivity contribution in [2.75, 3.05) is 18.8 Å². The number of hydrogen-bond donors (Lipinski definition) is 1. The Labute approximate surface area is 112 Å². The van der Waals surface area contributed by atoms with E-state index >= 15 is 0 Å². The first kappa shape index (κ1) is 15.9. The number of rotatable bonds is 6. The van der Waals surface area contributed by atoms with E-state index in [9.17, 15) is 8.42 Å². The van der Waals surface area contributed by atoms with Gasteiger partial charge in [0.25, 0.3) is 0 Å². The highest BCUT2D eigenvalue weighted by atomic mass is 32.2. The summed E-state index contributed by atoms with van der Waals surface area (Å²) in [5.74, 6) is 0.101. The Hall–Kier alpha value is -0.130. The molecular weight excluding hydrogens is 248 g/mol. The molecule has 108 valence electrons. The third-order valence-corrected chi connectivity index (χ3v) is 6.26. The summed E-state index contributed by atoms with van der Waals surface area (Å²) in [4.78, 5) is 0. The lowest BCUT2D eigenvalue weighted by Gasteiger charge is -2.38. The first-order chi connectivity index (χ1) is 8.33. The summed E-state index contributed by atoms with van der Waals surface area (Å²) in [6, 6.07) is -0.223. The molecule has 1 aliphatic heterocycles. The van der Waals surface area contributed by atoms with Gasteiger partial charge >= 0.3 is 0 Å². The van der Waals surface area contributed by atoms with Crippen molar-refractivity contribution >= 4 is 10.0 Å². The Bertz CT molecular complexity index is 346. The third kappa shape index (κ3) is 4.21. The van der Waals surface area contributed by atoms with Gasteiger partial charge in [-0.05, 0) is 24.7 Å². The summed E-state index contributed by atoms with van der Waals surface area (Å²) < 4.78 is 26.1. The molecule has 1 unspecified atom stereocenters. The van der Waals surface area contributed by atoms with Crippen molar-refractivity contribution in [1.82, 2.24) is 4.31 Å². The van der Waals surface area contributed by atoms with Crippen molar-refractivity contribution in [2.45, 2.75) is 58.9 Å². The second-order valence-corrected chi connectivity index (χ2v) is 7.90. The van der Waals surface area contributed by atoms with Crippen molar-refractivity contribution in [2.24, 2.45) is 11.1 Å². The van der Waals surface area contributed by atoms with E-state index in [1.54, 1.807) is 4.31 Å². The molecule has 0 radical (unpaired) electrons. The lowest BCUT2D eigenvalue weighted by molar-refractivity contribution is 0.169. The topological polar surface area (TPSA) is 63.4 Å². The van der Waals surface area contributed by atoms with Crippen molar-refractivity contribution in [3.63, 3.8) is 0 Å². The number of sulfonamides is 1. The predicted octanol–water partition coefficient (Wildman–Crippen LogP) is 1.96. The minimum Gasteiger partial charge on any atom is -0.327 e. The molecule has 1 rings (SSSR count). The van der Waals surface area contributed by atoms with E-state index in [1.165, 1.54) is 0 Å². The van der Waals surface area contributed by atoms with E-state index < -0.39 is 10.0 Å². The van der Waals surface area contributed by atoms with Crippen molar-refractivity contribution in [1.29, 1.82) is 0 Å². The highest BCUT2D eigenvalue weighted by molar-refractivity contribution is 7.89. The molecule has 1 aliphatic rings. The summed E-state index contributed by atoms with van der Waals surface area (Å²) >= 11 is 0. The normalized spacial score (nSPS) is 22.9. The quantitative estimate of drug-likeness (QED) is 0.806. The van der Waals surface area contributed by atoms with Crippen LogP contribution in [-0.4, -0.2) is 37.6 Å². The zero-order chi connectivity index (χ0) is 13.8. The molecule has 0 aromatic rings. The van der Waals surface area contributed by atoms with Gasteiger partial charge in [0, 0.05) is 19.1 Å². The number of hydrogen-bond acceptors (Lipinski definition) is 3. The molecule has 0 spiro atoms. The summed E-state index contributed by atoms with van der Waals surface area (Å²) in [5.41, 5.74) is 6.17. The third-order valence-electron chi connectivity index (χ3n) is 4.26. The van der Waals surface area contributed by atoms with Gasteiger partial charge in [0.2, 0.25) is 10.0 Å². The smallest absolute Gasteiger partial charge is 0.215 e. The van der Waals surface area contributed by atoms with Gasteiger partial charge in [0.05, 0.1) is 5.75 Å². The molecule has 1 atom stereocenters. The second-order valence-electron chi connectivity index (χ2n) is 5.89. The van der Waals surface area contributed by atoms with E-state index in [2.05, 4.69) is 13.8 Å². The molecule has 0 aromatic carbocycles. The van der Waals surface area contributed by atoms with Crippen LogP contribution in [0.1, 0.15) is 52.9 Å². The van der Waals surface area contributed by atoms with E-state index in [1.807, 2.05) is 6.92 Å². The molecule has 0 amide bonds. The van der Waals surface area contributed by atoms with E-state index in [0.717, 1.165) is 32.1 Å². The van der Waals surface area contributed by atoms with Gasteiger partial charge in [-0.25, -0.2) is 12.7 Å². The average molecular weight is 276 g/mol. The van der Waals surface area contributed by atoms with Crippen molar-refractivity contribution < 1.29 is 8.42 Å². The van der Waals surface area contributed by atoms with Crippen LogP contribution >= 0.6 is 0 Å². The van der Waals surface area contributed by atoms with Crippen LogP contribution in [0.25, 0.3) is 0 Å². The van der Waals surface area contributed by atoms with Gasteiger partial charge in [0.15, 0.2) is 0 Å². The monoisotopic (exact) mass is 276 g/mol. The molecule has 2 N–H and O–H groups in total. The van der Waals surface area contributed by atoms with Gasteiger partial charge < -0.3 is 5.73 Å². The summed E-state index contributed by atoms with van der Waals surface area (Å²) in [5, 5.41) is 0. The maximum atomic E-state index is 12.2. The molecular formula is C13H28N2O2S. The highest BCUT2D eigenvalue weighted by Gasteiger charge is 2.33. The molecule has 1 heterocycles. The molecule has 5 heteroatoms. The molecule has 0 bridgehead atoms. The molecule has 1 fully saturated rings. The minimum absolute atomic E-state index is 0.101. The Balaban J connectivity index is 2.55.